The second kappa shape index (κ2) is 1.25. The smallest absolute Gasteiger partial charge is 0.0460 e. The molecule has 0 amide bonds. The molecule has 2 rings (SSSR count). The lowest BCUT2D eigenvalue weighted by atomic mass is 10.1. The second-order valence-electron chi connectivity index (χ2n) is 3.01. The number of nitrogens with two attached hydrogens (primary N) is 1. The van der Waals surface area contributed by atoms with Gasteiger partial charge in [0.05, 0.1) is 0 Å². The van der Waals surface area contributed by atoms with Crippen molar-refractivity contribution in [1.29, 1.82) is 0 Å². The second-order valence-corrected chi connectivity index (χ2v) is 3.01. The topological polar surface area (TPSA) is 48.0 Å². The van der Waals surface area contributed by atoms with Gasteiger partial charge in [-0.15, -0.1) is 0 Å². The quantitative estimate of drug-likeness (QED) is 0.428. The first kappa shape index (κ1) is 4.77. The number of hydrogen-bond acceptors (Lipinski definition) is 2. The van der Waals surface area contributed by atoms with Crippen molar-refractivity contribution in [1.82, 2.24) is 5.32 Å². The third kappa shape index (κ3) is 0.446. The molecule has 1 aliphatic heterocycles. The molecule has 2 aliphatic rings. The van der Waals surface area contributed by atoms with Gasteiger partial charge in [-0.05, 0) is 19.3 Å². The summed E-state index contributed by atoms with van der Waals surface area (Å²) in [6.07, 6.45) is 3.87. The van der Waals surface area contributed by atoms with Gasteiger partial charge in [-0.25, -0.2) is 0 Å². The third-order valence-corrected chi connectivity index (χ3v) is 2.48. The van der Waals surface area contributed by atoms with E-state index in [1.165, 1.54) is 25.8 Å². The van der Waals surface area contributed by atoms with Gasteiger partial charge in [0.25, 0.3) is 0 Å². The van der Waals surface area contributed by atoms with E-state index in [4.69, 9.17) is 5.73 Å². The first-order valence-corrected chi connectivity index (χ1v) is 3.34. The van der Waals surface area contributed by atoms with Crippen LogP contribution in [0, 0.1) is 0 Å². The summed E-state index contributed by atoms with van der Waals surface area (Å²) >= 11 is 0. The van der Waals surface area contributed by atoms with Crippen molar-refractivity contribution in [3.8, 4) is 0 Å². The molecule has 2 unspecified atom stereocenters. The minimum absolute atomic E-state index is 0.431. The molecule has 46 valence electrons. The Labute approximate surface area is 49.4 Å². The van der Waals surface area contributed by atoms with Crippen molar-refractivity contribution in [3.05, 3.63) is 0 Å². The first-order valence-electron chi connectivity index (χ1n) is 3.34. The lowest BCUT2D eigenvalue weighted by molar-refractivity contribution is 0.564. The molecule has 0 bridgehead atoms. The maximum atomic E-state index is 5.81. The predicted molar refractivity (Wildman–Crippen MR) is 32.6 cm³/mol. The molecule has 0 aromatic rings. The monoisotopic (exact) mass is 112 g/mol. The SMILES string of the molecule is NC1CCCC12CN2. The molecule has 2 atom stereocenters. The molecule has 2 nitrogen and oxygen atoms in total. The average Bonchev–Trinajstić information content (AvgIpc) is 2.39. The van der Waals surface area contributed by atoms with E-state index >= 15 is 0 Å². The van der Waals surface area contributed by atoms with Crippen LogP contribution >= 0.6 is 0 Å². The lowest BCUT2D eigenvalue weighted by Gasteiger charge is -2.08. The summed E-state index contributed by atoms with van der Waals surface area (Å²) in [5.74, 6) is 0. The van der Waals surface area contributed by atoms with Crippen molar-refractivity contribution in [3.63, 3.8) is 0 Å². The summed E-state index contributed by atoms with van der Waals surface area (Å²) in [6, 6.07) is 0.461. The van der Waals surface area contributed by atoms with Crippen molar-refractivity contribution in [2.24, 2.45) is 5.73 Å². The molecule has 1 spiro atoms. The van der Waals surface area contributed by atoms with Crippen LogP contribution in [0.25, 0.3) is 0 Å². The molecule has 0 aromatic heterocycles. The zero-order valence-electron chi connectivity index (χ0n) is 4.98. The van der Waals surface area contributed by atoms with Gasteiger partial charge < -0.3 is 11.1 Å². The van der Waals surface area contributed by atoms with Crippen LogP contribution in [-0.4, -0.2) is 18.1 Å². The van der Waals surface area contributed by atoms with Crippen LogP contribution in [0.2, 0.25) is 0 Å². The summed E-state index contributed by atoms with van der Waals surface area (Å²) in [6.45, 7) is 1.17. The molecular formula is C6H12N2. The number of hydrogen-bond donors (Lipinski definition) is 2. The van der Waals surface area contributed by atoms with E-state index in [0.717, 1.165) is 0 Å². The van der Waals surface area contributed by atoms with Gasteiger partial charge in [-0.2, -0.15) is 0 Å². The zero-order valence-corrected chi connectivity index (χ0v) is 4.98. The minimum atomic E-state index is 0.431. The van der Waals surface area contributed by atoms with Gasteiger partial charge in [0.1, 0.15) is 0 Å². The maximum Gasteiger partial charge on any atom is 0.0460 e. The summed E-state index contributed by atoms with van der Waals surface area (Å²) < 4.78 is 0. The number of rotatable bonds is 0. The lowest BCUT2D eigenvalue weighted by Crippen LogP contribution is -2.34. The van der Waals surface area contributed by atoms with Crippen molar-refractivity contribution in [2.45, 2.75) is 30.8 Å². The first-order chi connectivity index (χ1) is 3.83. The average molecular weight is 112 g/mol. The Morgan fingerprint density at radius 3 is 2.62 bits per heavy atom. The molecule has 0 aromatic carbocycles. The maximum absolute atomic E-state index is 5.81. The minimum Gasteiger partial charge on any atom is -0.326 e. The standard InChI is InChI=1S/C6H12N2/c7-5-2-1-3-6(5)4-8-6/h5,8H,1-4,7H2. The van der Waals surface area contributed by atoms with E-state index in [0.29, 0.717) is 11.6 Å². The Kier molecular flexibility index (Phi) is 0.746. The Bertz CT molecular complexity index is 107. The highest BCUT2D eigenvalue weighted by Gasteiger charge is 2.49. The fourth-order valence-electron chi connectivity index (χ4n) is 1.65. The van der Waals surface area contributed by atoms with Crippen LogP contribution in [-0.2, 0) is 0 Å². The molecule has 1 heterocycles. The fourth-order valence-corrected chi connectivity index (χ4v) is 1.65. The van der Waals surface area contributed by atoms with Gasteiger partial charge in [-0.1, -0.05) is 0 Å². The van der Waals surface area contributed by atoms with Crippen LogP contribution in [0.15, 0.2) is 0 Å². The highest BCUT2D eigenvalue weighted by atomic mass is 15.2. The molecule has 0 radical (unpaired) electrons. The Morgan fingerprint density at radius 2 is 2.38 bits per heavy atom. The predicted octanol–water partition coefficient (Wildman–Crippen LogP) is -0.160. The van der Waals surface area contributed by atoms with E-state index in [9.17, 15) is 0 Å². The zero-order chi connectivity index (χ0) is 5.61. The van der Waals surface area contributed by atoms with Gasteiger partial charge >= 0.3 is 0 Å². The molecule has 2 heteroatoms. The summed E-state index contributed by atoms with van der Waals surface area (Å²) in [4.78, 5) is 0. The molecule has 1 aliphatic carbocycles. The van der Waals surface area contributed by atoms with Crippen molar-refractivity contribution < 1.29 is 0 Å². The largest absolute Gasteiger partial charge is 0.326 e. The van der Waals surface area contributed by atoms with Crippen LogP contribution in [0.1, 0.15) is 19.3 Å². The van der Waals surface area contributed by atoms with Gasteiger partial charge in [0.2, 0.25) is 0 Å². The Morgan fingerprint density at radius 1 is 1.62 bits per heavy atom. The van der Waals surface area contributed by atoms with Crippen LogP contribution < -0.4 is 11.1 Å². The number of nitrogens with one attached hydrogen (secondary N) is 1. The Hall–Kier alpha value is -0.0800. The van der Waals surface area contributed by atoms with E-state index < -0.39 is 0 Å². The molecular weight excluding hydrogens is 100 g/mol. The van der Waals surface area contributed by atoms with E-state index in [1.54, 1.807) is 0 Å². The van der Waals surface area contributed by atoms with Gasteiger partial charge in [0, 0.05) is 18.1 Å². The van der Waals surface area contributed by atoms with Crippen LogP contribution in [0.5, 0.6) is 0 Å². The van der Waals surface area contributed by atoms with Crippen LogP contribution in [0.4, 0.5) is 0 Å². The van der Waals surface area contributed by atoms with E-state index in [-0.39, 0.29) is 0 Å². The van der Waals surface area contributed by atoms with Crippen molar-refractivity contribution in [2.75, 3.05) is 6.54 Å². The third-order valence-electron chi connectivity index (χ3n) is 2.48. The summed E-state index contributed by atoms with van der Waals surface area (Å²) in [5, 5.41) is 3.33. The molecule has 2 fully saturated rings. The van der Waals surface area contributed by atoms with E-state index in [2.05, 4.69) is 5.32 Å². The highest BCUT2D eigenvalue weighted by Crippen LogP contribution is 2.35. The normalized spacial score (nSPS) is 52.9. The molecule has 1 saturated heterocycles. The molecule has 8 heavy (non-hydrogen) atoms. The fraction of sp³-hybridized carbons (Fsp3) is 1.00. The summed E-state index contributed by atoms with van der Waals surface area (Å²) in [7, 11) is 0. The molecule has 3 N–H and O–H groups in total. The molecule has 1 saturated carbocycles. The van der Waals surface area contributed by atoms with Gasteiger partial charge in [0.15, 0.2) is 0 Å². The van der Waals surface area contributed by atoms with Crippen LogP contribution in [0.3, 0.4) is 0 Å². The van der Waals surface area contributed by atoms with E-state index in [1.807, 2.05) is 0 Å². The van der Waals surface area contributed by atoms with Gasteiger partial charge in [-0.3, -0.25) is 0 Å². The summed E-state index contributed by atoms with van der Waals surface area (Å²) in [5.41, 5.74) is 6.24. The van der Waals surface area contributed by atoms with Crippen molar-refractivity contribution >= 4 is 0 Å². The highest BCUT2D eigenvalue weighted by molar-refractivity contribution is 5.14. The Balaban J connectivity index is 2.12.